The fourth-order valence-electron chi connectivity index (χ4n) is 1.60. The van der Waals surface area contributed by atoms with E-state index in [4.69, 9.17) is 16.3 Å². The molecule has 0 saturated carbocycles. The summed E-state index contributed by atoms with van der Waals surface area (Å²) in [4.78, 5) is 11.3. The van der Waals surface area contributed by atoms with Crippen molar-refractivity contribution < 1.29 is 9.53 Å². The summed E-state index contributed by atoms with van der Waals surface area (Å²) in [6, 6.07) is 10.8. The van der Waals surface area contributed by atoms with Crippen LogP contribution in [0, 0.1) is 6.92 Å². The largest absolute Gasteiger partial charge is 0.455 e. The van der Waals surface area contributed by atoms with Gasteiger partial charge in [0.15, 0.2) is 5.78 Å². The van der Waals surface area contributed by atoms with Crippen LogP contribution in [0.4, 0.5) is 0 Å². The summed E-state index contributed by atoms with van der Waals surface area (Å²) < 4.78 is 6.72. The average Bonchev–Trinajstić information content (AvgIpc) is 2.36. The zero-order chi connectivity index (χ0) is 14.0. The van der Waals surface area contributed by atoms with E-state index < -0.39 is 0 Å². The highest BCUT2D eigenvalue weighted by Crippen LogP contribution is 2.33. The Balaban J connectivity index is 2.33. The Morgan fingerprint density at radius 2 is 1.89 bits per heavy atom. The quantitative estimate of drug-likeness (QED) is 0.699. The Bertz CT molecular complexity index is 638. The smallest absolute Gasteiger partial charge is 0.159 e. The lowest BCUT2D eigenvalue weighted by atomic mass is 10.1. The van der Waals surface area contributed by atoms with E-state index in [9.17, 15) is 4.79 Å². The normalized spacial score (nSPS) is 10.3. The van der Waals surface area contributed by atoms with Gasteiger partial charge in [-0.1, -0.05) is 33.6 Å². The number of ether oxygens (including phenoxy) is 1. The van der Waals surface area contributed by atoms with Gasteiger partial charge in [0.2, 0.25) is 0 Å². The zero-order valence-electron chi connectivity index (χ0n) is 10.5. The van der Waals surface area contributed by atoms with Crippen LogP contribution in [0.2, 0.25) is 5.02 Å². The third kappa shape index (κ3) is 3.37. The second-order valence-electron chi connectivity index (χ2n) is 4.21. The SMILES string of the molecule is CC(=O)c1ccc(Oc2cc(Br)ccc2C)c(Cl)c1. The molecule has 98 valence electrons. The van der Waals surface area contributed by atoms with Crippen LogP contribution in [0.5, 0.6) is 11.5 Å². The molecule has 0 aliphatic rings. The number of carbonyl (C=O) groups excluding carboxylic acids is 1. The Labute approximate surface area is 125 Å². The molecule has 0 N–H and O–H groups in total. The van der Waals surface area contributed by atoms with E-state index in [1.54, 1.807) is 18.2 Å². The summed E-state index contributed by atoms with van der Waals surface area (Å²) in [5.41, 5.74) is 1.58. The molecule has 0 bridgehead atoms. The molecule has 0 saturated heterocycles. The predicted octanol–water partition coefficient (Wildman–Crippen LogP) is 5.41. The standard InChI is InChI=1S/C15H12BrClO2/c1-9-3-5-12(16)8-15(9)19-14-6-4-11(10(2)18)7-13(14)17/h3-8H,1-2H3. The van der Waals surface area contributed by atoms with Crippen LogP contribution in [0.15, 0.2) is 40.9 Å². The zero-order valence-corrected chi connectivity index (χ0v) is 12.9. The fourth-order valence-corrected chi connectivity index (χ4v) is 2.16. The molecular weight excluding hydrogens is 328 g/mol. The van der Waals surface area contributed by atoms with Crippen LogP contribution >= 0.6 is 27.5 Å². The topological polar surface area (TPSA) is 26.3 Å². The van der Waals surface area contributed by atoms with E-state index in [0.717, 1.165) is 15.8 Å². The minimum absolute atomic E-state index is 0.0212. The van der Waals surface area contributed by atoms with E-state index in [0.29, 0.717) is 16.3 Å². The number of halogens is 2. The van der Waals surface area contributed by atoms with Crippen LogP contribution in [0.25, 0.3) is 0 Å². The molecule has 4 heteroatoms. The van der Waals surface area contributed by atoms with Gasteiger partial charge in [-0.2, -0.15) is 0 Å². The van der Waals surface area contributed by atoms with Crippen LogP contribution < -0.4 is 4.74 Å². The summed E-state index contributed by atoms with van der Waals surface area (Å²) in [6.07, 6.45) is 0. The predicted molar refractivity (Wildman–Crippen MR) is 80.4 cm³/mol. The van der Waals surface area contributed by atoms with Crippen LogP contribution in [0.3, 0.4) is 0 Å². The molecule has 0 unspecified atom stereocenters. The van der Waals surface area contributed by atoms with Gasteiger partial charge in [0.1, 0.15) is 11.5 Å². The first-order valence-electron chi connectivity index (χ1n) is 5.72. The van der Waals surface area contributed by atoms with Crippen LogP contribution in [0.1, 0.15) is 22.8 Å². The highest BCUT2D eigenvalue weighted by Gasteiger charge is 2.08. The summed E-state index contributed by atoms with van der Waals surface area (Å²) >= 11 is 9.53. The first kappa shape index (κ1) is 14.1. The van der Waals surface area contributed by atoms with Gasteiger partial charge in [-0.15, -0.1) is 0 Å². The highest BCUT2D eigenvalue weighted by atomic mass is 79.9. The van der Waals surface area contributed by atoms with Gasteiger partial charge in [0.05, 0.1) is 5.02 Å². The summed E-state index contributed by atoms with van der Waals surface area (Å²) in [5.74, 6) is 1.24. The number of rotatable bonds is 3. The second-order valence-corrected chi connectivity index (χ2v) is 5.54. The molecule has 0 atom stereocenters. The average molecular weight is 340 g/mol. The summed E-state index contributed by atoms with van der Waals surface area (Å²) in [7, 11) is 0. The van der Waals surface area contributed by atoms with Crippen molar-refractivity contribution in [1.82, 2.24) is 0 Å². The molecule has 0 spiro atoms. The maximum absolute atomic E-state index is 11.3. The van der Waals surface area contributed by atoms with Crippen molar-refractivity contribution in [2.24, 2.45) is 0 Å². The fraction of sp³-hybridized carbons (Fsp3) is 0.133. The molecule has 2 nitrogen and oxygen atoms in total. The van der Waals surface area contributed by atoms with Crippen molar-refractivity contribution in [1.29, 1.82) is 0 Å². The Hall–Kier alpha value is -1.32. The molecule has 0 aliphatic carbocycles. The maximum Gasteiger partial charge on any atom is 0.159 e. The Kier molecular flexibility index (Phi) is 4.27. The van der Waals surface area contributed by atoms with Crippen molar-refractivity contribution in [3.05, 3.63) is 57.0 Å². The van der Waals surface area contributed by atoms with Gasteiger partial charge < -0.3 is 4.74 Å². The molecule has 0 fully saturated rings. The molecule has 0 aliphatic heterocycles. The molecule has 2 aromatic carbocycles. The lowest BCUT2D eigenvalue weighted by Crippen LogP contribution is -1.93. The molecule has 0 amide bonds. The van der Waals surface area contributed by atoms with E-state index >= 15 is 0 Å². The van der Waals surface area contributed by atoms with Gasteiger partial charge in [0.25, 0.3) is 0 Å². The maximum atomic E-state index is 11.3. The monoisotopic (exact) mass is 338 g/mol. The molecule has 2 aromatic rings. The molecule has 19 heavy (non-hydrogen) atoms. The van der Waals surface area contributed by atoms with Crippen LogP contribution in [-0.2, 0) is 0 Å². The minimum atomic E-state index is -0.0212. The molecule has 2 rings (SSSR count). The minimum Gasteiger partial charge on any atom is -0.455 e. The van der Waals surface area contributed by atoms with E-state index in [1.807, 2.05) is 25.1 Å². The molecule has 0 heterocycles. The van der Waals surface area contributed by atoms with Crippen molar-refractivity contribution >= 4 is 33.3 Å². The van der Waals surface area contributed by atoms with Crippen molar-refractivity contribution in [2.45, 2.75) is 13.8 Å². The van der Waals surface area contributed by atoms with Crippen LogP contribution in [-0.4, -0.2) is 5.78 Å². The Morgan fingerprint density at radius 1 is 1.16 bits per heavy atom. The third-order valence-electron chi connectivity index (χ3n) is 2.71. The van der Waals surface area contributed by atoms with E-state index in [1.165, 1.54) is 6.92 Å². The van der Waals surface area contributed by atoms with Gasteiger partial charge in [-0.25, -0.2) is 0 Å². The number of hydrogen-bond donors (Lipinski definition) is 0. The molecular formula is C15H12BrClO2. The first-order chi connectivity index (χ1) is 8.97. The highest BCUT2D eigenvalue weighted by molar-refractivity contribution is 9.10. The van der Waals surface area contributed by atoms with Crippen molar-refractivity contribution in [3.8, 4) is 11.5 Å². The van der Waals surface area contributed by atoms with Gasteiger partial charge in [0, 0.05) is 10.0 Å². The van der Waals surface area contributed by atoms with Gasteiger partial charge in [-0.3, -0.25) is 4.79 Å². The lowest BCUT2D eigenvalue weighted by Gasteiger charge is -2.11. The number of ketones is 1. The van der Waals surface area contributed by atoms with Crippen molar-refractivity contribution in [2.75, 3.05) is 0 Å². The third-order valence-corrected chi connectivity index (χ3v) is 3.50. The number of aryl methyl sites for hydroxylation is 1. The first-order valence-corrected chi connectivity index (χ1v) is 6.89. The molecule has 0 aromatic heterocycles. The van der Waals surface area contributed by atoms with Gasteiger partial charge in [-0.05, 0) is 49.7 Å². The van der Waals surface area contributed by atoms with E-state index in [2.05, 4.69) is 15.9 Å². The Morgan fingerprint density at radius 3 is 2.53 bits per heavy atom. The summed E-state index contributed by atoms with van der Waals surface area (Å²) in [5, 5.41) is 0.423. The van der Waals surface area contributed by atoms with E-state index in [-0.39, 0.29) is 5.78 Å². The van der Waals surface area contributed by atoms with Crippen molar-refractivity contribution in [3.63, 3.8) is 0 Å². The number of hydrogen-bond acceptors (Lipinski definition) is 2. The number of Topliss-reactive ketones (excluding diaryl/α,β-unsaturated/α-hetero) is 1. The lowest BCUT2D eigenvalue weighted by molar-refractivity contribution is 0.101. The van der Waals surface area contributed by atoms with Gasteiger partial charge >= 0.3 is 0 Å². The molecule has 0 radical (unpaired) electrons. The number of carbonyl (C=O) groups is 1. The second kappa shape index (κ2) is 5.76. The number of benzene rings is 2. The summed E-state index contributed by atoms with van der Waals surface area (Å²) in [6.45, 7) is 3.46.